The Kier molecular flexibility index (Phi) is 5.19. The normalized spacial score (nSPS) is 9.94. The second-order valence-corrected chi connectivity index (χ2v) is 4.94. The number of hydrogen-bond donors (Lipinski definition) is 1. The van der Waals surface area contributed by atoms with E-state index in [1.54, 1.807) is 19.0 Å². The van der Waals surface area contributed by atoms with Crippen LogP contribution in [0.4, 0.5) is 5.69 Å². The summed E-state index contributed by atoms with van der Waals surface area (Å²) in [6, 6.07) is 8.13. The van der Waals surface area contributed by atoms with E-state index in [9.17, 15) is 4.79 Å². The molecule has 0 aliphatic heterocycles. The first-order valence-electron chi connectivity index (χ1n) is 5.30. The van der Waals surface area contributed by atoms with Gasteiger partial charge in [-0.05, 0) is 30.0 Å². The molecule has 88 valence electrons. The monoisotopic (exact) mass is 238 g/mol. The third kappa shape index (κ3) is 4.14. The van der Waals surface area contributed by atoms with Crippen molar-refractivity contribution >= 4 is 23.4 Å². The lowest BCUT2D eigenvalue weighted by Crippen LogP contribution is -2.28. The molecule has 0 radical (unpaired) electrons. The minimum atomic E-state index is 0.0759. The predicted molar refractivity (Wildman–Crippen MR) is 70.0 cm³/mol. The lowest BCUT2D eigenvalue weighted by Gasteiger charge is -2.11. The maximum Gasteiger partial charge on any atom is 0.241 e. The van der Waals surface area contributed by atoms with Gasteiger partial charge in [-0.15, -0.1) is 11.8 Å². The summed E-state index contributed by atoms with van der Waals surface area (Å²) in [4.78, 5) is 14.2. The number of rotatable bonds is 5. The maximum atomic E-state index is 11.3. The summed E-state index contributed by atoms with van der Waals surface area (Å²) in [5.41, 5.74) is 0.982. The molecule has 0 aromatic heterocycles. The summed E-state index contributed by atoms with van der Waals surface area (Å²) in [7, 11) is 3.51. The second-order valence-electron chi connectivity index (χ2n) is 3.60. The number of hydrogen-bond acceptors (Lipinski definition) is 3. The topological polar surface area (TPSA) is 32.3 Å². The van der Waals surface area contributed by atoms with Crippen molar-refractivity contribution in [2.24, 2.45) is 0 Å². The first-order valence-corrected chi connectivity index (χ1v) is 6.29. The van der Waals surface area contributed by atoms with Crippen LogP contribution in [0.2, 0.25) is 0 Å². The van der Waals surface area contributed by atoms with Gasteiger partial charge in [0.2, 0.25) is 5.91 Å². The fourth-order valence-electron chi connectivity index (χ4n) is 1.17. The van der Waals surface area contributed by atoms with Crippen LogP contribution in [0.15, 0.2) is 29.2 Å². The average Bonchev–Trinajstić information content (AvgIpc) is 2.28. The Balaban J connectivity index is 2.46. The number of carbonyl (C=O) groups excluding carboxylic acids is 1. The Morgan fingerprint density at radius 2 is 1.94 bits per heavy atom. The second kappa shape index (κ2) is 6.43. The van der Waals surface area contributed by atoms with E-state index in [0.717, 1.165) is 11.4 Å². The van der Waals surface area contributed by atoms with E-state index < -0.39 is 0 Å². The largest absolute Gasteiger partial charge is 0.376 e. The standard InChI is InChI=1S/C12H18N2OS/c1-4-16-11-7-5-10(6-8-11)13-9-12(15)14(2)3/h5-8,13H,4,9H2,1-3H3. The summed E-state index contributed by atoms with van der Waals surface area (Å²) in [6.45, 7) is 2.47. The molecule has 1 aromatic carbocycles. The fourth-order valence-corrected chi connectivity index (χ4v) is 1.83. The molecular formula is C12H18N2OS. The Hall–Kier alpha value is -1.16. The summed E-state index contributed by atoms with van der Waals surface area (Å²) >= 11 is 1.81. The van der Waals surface area contributed by atoms with Gasteiger partial charge in [-0.1, -0.05) is 6.92 Å². The van der Waals surface area contributed by atoms with Crippen molar-refractivity contribution in [3.8, 4) is 0 Å². The lowest BCUT2D eigenvalue weighted by atomic mass is 10.3. The van der Waals surface area contributed by atoms with Crippen molar-refractivity contribution in [3.05, 3.63) is 24.3 Å². The number of thioether (sulfide) groups is 1. The van der Waals surface area contributed by atoms with Crippen molar-refractivity contribution in [2.45, 2.75) is 11.8 Å². The van der Waals surface area contributed by atoms with Crippen LogP contribution in [0.1, 0.15) is 6.92 Å². The molecule has 0 aliphatic carbocycles. The molecule has 0 spiro atoms. The smallest absolute Gasteiger partial charge is 0.241 e. The van der Waals surface area contributed by atoms with Gasteiger partial charge < -0.3 is 10.2 Å². The Bertz CT molecular complexity index is 335. The molecule has 0 fully saturated rings. The van der Waals surface area contributed by atoms with E-state index in [4.69, 9.17) is 0 Å². The number of carbonyl (C=O) groups is 1. The highest BCUT2D eigenvalue weighted by Crippen LogP contribution is 2.19. The molecule has 0 aliphatic rings. The Labute approximate surface area is 101 Å². The van der Waals surface area contributed by atoms with Crippen LogP contribution in [0.3, 0.4) is 0 Å². The molecule has 0 atom stereocenters. The molecule has 1 rings (SSSR count). The fraction of sp³-hybridized carbons (Fsp3) is 0.417. The molecule has 0 heterocycles. The summed E-state index contributed by atoms with van der Waals surface area (Å²) < 4.78 is 0. The highest BCUT2D eigenvalue weighted by molar-refractivity contribution is 7.99. The van der Waals surface area contributed by atoms with E-state index in [1.807, 2.05) is 23.9 Å². The van der Waals surface area contributed by atoms with Gasteiger partial charge in [0.1, 0.15) is 0 Å². The van der Waals surface area contributed by atoms with Gasteiger partial charge in [0.25, 0.3) is 0 Å². The van der Waals surface area contributed by atoms with Crippen LogP contribution in [0.5, 0.6) is 0 Å². The molecule has 1 aromatic rings. The summed E-state index contributed by atoms with van der Waals surface area (Å²) in [6.07, 6.45) is 0. The molecule has 0 saturated heterocycles. The van der Waals surface area contributed by atoms with Gasteiger partial charge in [-0.2, -0.15) is 0 Å². The van der Waals surface area contributed by atoms with Crippen molar-refractivity contribution in [1.29, 1.82) is 0 Å². The van der Waals surface area contributed by atoms with E-state index >= 15 is 0 Å². The number of anilines is 1. The van der Waals surface area contributed by atoms with Crippen LogP contribution in [-0.4, -0.2) is 37.2 Å². The average molecular weight is 238 g/mol. The summed E-state index contributed by atoms with van der Waals surface area (Å²) in [5.74, 6) is 1.15. The van der Waals surface area contributed by atoms with Gasteiger partial charge in [0.05, 0.1) is 6.54 Å². The predicted octanol–water partition coefficient (Wildman–Crippen LogP) is 2.30. The third-order valence-electron chi connectivity index (χ3n) is 2.11. The number of benzene rings is 1. The van der Waals surface area contributed by atoms with Crippen LogP contribution >= 0.6 is 11.8 Å². The quantitative estimate of drug-likeness (QED) is 0.799. The maximum absolute atomic E-state index is 11.3. The molecule has 0 saturated carbocycles. The summed E-state index contributed by atoms with van der Waals surface area (Å²) in [5, 5.41) is 3.09. The highest BCUT2D eigenvalue weighted by atomic mass is 32.2. The zero-order valence-corrected chi connectivity index (χ0v) is 10.8. The molecule has 3 nitrogen and oxygen atoms in total. The van der Waals surface area contributed by atoms with E-state index in [1.165, 1.54) is 4.90 Å². The first kappa shape index (κ1) is 12.9. The molecular weight excluding hydrogens is 220 g/mol. The van der Waals surface area contributed by atoms with Gasteiger partial charge in [-0.3, -0.25) is 4.79 Å². The van der Waals surface area contributed by atoms with Crippen LogP contribution in [0.25, 0.3) is 0 Å². The highest BCUT2D eigenvalue weighted by Gasteiger charge is 2.02. The van der Waals surface area contributed by atoms with Crippen molar-refractivity contribution in [1.82, 2.24) is 4.90 Å². The molecule has 1 N–H and O–H groups in total. The molecule has 1 amide bonds. The Morgan fingerprint density at radius 3 is 2.44 bits per heavy atom. The van der Waals surface area contributed by atoms with Crippen molar-refractivity contribution < 1.29 is 4.79 Å². The third-order valence-corrected chi connectivity index (χ3v) is 3.00. The number of nitrogens with zero attached hydrogens (tertiary/aromatic N) is 1. The molecule has 16 heavy (non-hydrogen) atoms. The zero-order valence-electron chi connectivity index (χ0n) is 9.99. The number of amides is 1. The van der Waals surface area contributed by atoms with Crippen molar-refractivity contribution in [3.63, 3.8) is 0 Å². The van der Waals surface area contributed by atoms with Crippen LogP contribution < -0.4 is 5.32 Å². The minimum Gasteiger partial charge on any atom is -0.376 e. The molecule has 4 heteroatoms. The zero-order chi connectivity index (χ0) is 12.0. The van der Waals surface area contributed by atoms with Crippen LogP contribution in [0, 0.1) is 0 Å². The van der Waals surface area contributed by atoms with E-state index in [0.29, 0.717) is 6.54 Å². The SMILES string of the molecule is CCSc1ccc(NCC(=O)N(C)C)cc1. The minimum absolute atomic E-state index is 0.0759. The van der Waals surface area contributed by atoms with E-state index in [2.05, 4.69) is 24.4 Å². The Morgan fingerprint density at radius 1 is 1.31 bits per heavy atom. The van der Waals surface area contributed by atoms with Crippen LogP contribution in [-0.2, 0) is 4.79 Å². The molecule has 0 bridgehead atoms. The van der Waals surface area contributed by atoms with Gasteiger partial charge in [-0.25, -0.2) is 0 Å². The lowest BCUT2D eigenvalue weighted by molar-refractivity contribution is -0.126. The van der Waals surface area contributed by atoms with Gasteiger partial charge >= 0.3 is 0 Å². The van der Waals surface area contributed by atoms with E-state index in [-0.39, 0.29) is 5.91 Å². The first-order chi connectivity index (χ1) is 7.63. The van der Waals surface area contributed by atoms with Gasteiger partial charge in [0, 0.05) is 24.7 Å². The number of likely N-dealkylation sites (N-methyl/N-ethyl adjacent to an activating group) is 1. The number of nitrogens with one attached hydrogen (secondary N) is 1. The van der Waals surface area contributed by atoms with Crippen molar-refractivity contribution in [2.75, 3.05) is 31.7 Å². The molecule has 0 unspecified atom stereocenters. The van der Waals surface area contributed by atoms with Gasteiger partial charge in [0.15, 0.2) is 0 Å².